The second kappa shape index (κ2) is 7.83. The summed E-state index contributed by atoms with van der Waals surface area (Å²) >= 11 is 0. The van der Waals surface area contributed by atoms with E-state index in [0.29, 0.717) is 11.0 Å². The van der Waals surface area contributed by atoms with Gasteiger partial charge in [0.05, 0.1) is 11.9 Å². The second-order valence-electron chi connectivity index (χ2n) is 8.14. The number of aromatic nitrogens is 4. The molecular formula is C24H25N5O2. The van der Waals surface area contributed by atoms with Gasteiger partial charge in [0.15, 0.2) is 5.65 Å². The number of hydrogen-bond acceptors (Lipinski definition) is 4. The summed E-state index contributed by atoms with van der Waals surface area (Å²) in [5.41, 5.74) is 7.11. The van der Waals surface area contributed by atoms with Crippen LogP contribution in [0, 0.1) is 34.6 Å². The summed E-state index contributed by atoms with van der Waals surface area (Å²) in [6.07, 6.45) is 2.91. The maximum Gasteiger partial charge on any atom is 0.264 e. The number of aryl methyl sites for hydroxylation is 5. The molecule has 0 aliphatic heterocycles. The van der Waals surface area contributed by atoms with Gasteiger partial charge < -0.3 is 5.32 Å². The molecular weight excluding hydrogens is 390 g/mol. The lowest BCUT2D eigenvalue weighted by Crippen LogP contribution is -2.28. The number of hydrogen-bond donors (Lipinski definition) is 1. The van der Waals surface area contributed by atoms with Crippen LogP contribution in [0.4, 0.5) is 5.69 Å². The van der Waals surface area contributed by atoms with Gasteiger partial charge in [-0.25, -0.2) is 9.67 Å². The maximum atomic E-state index is 13.0. The van der Waals surface area contributed by atoms with E-state index in [9.17, 15) is 9.59 Å². The van der Waals surface area contributed by atoms with Crippen molar-refractivity contribution < 1.29 is 4.79 Å². The highest BCUT2D eigenvalue weighted by atomic mass is 16.2. The minimum absolute atomic E-state index is 0.122. The molecule has 0 fully saturated rings. The van der Waals surface area contributed by atoms with Crippen molar-refractivity contribution in [2.24, 2.45) is 0 Å². The molecule has 7 nitrogen and oxygen atoms in total. The molecule has 0 saturated carbocycles. The van der Waals surface area contributed by atoms with Crippen molar-refractivity contribution in [3.63, 3.8) is 0 Å². The second-order valence-corrected chi connectivity index (χ2v) is 8.14. The summed E-state index contributed by atoms with van der Waals surface area (Å²) in [4.78, 5) is 30.0. The van der Waals surface area contributed by atoms with Gasteiger partial charge in [-0.15, -0.1) is 0 Å². The van der Waals surface area contributed by atoms with Crippen molar-refractivity contribution in [1.29, 1.82) is 0 Å². The Labute approximate surface area is 180 Å². The largest absolute Gasteiger partial charge is 0.324 e. The number of anilines is 1. The predicted octanol–water partition coefficient (Wildman–Crippen LogP) is 3.76. The molecule has 2 heterocycles. The van der Waals surface area contributed by atoms with Crippen molar-refractivity contribution in [3.05, 3.63) is 81.0 Å². The van der Waals surface area contributed by atoms with Crippen LogP contribution < -0.4 is 10.9 Å². The quantitative estimate of drug-likeness (QED) is 0.550. The van der Waals surface area contributed by atoms with Crippen molar-refractivity contribution in [1.82, 2.24) is 19.3 Å². The average Bonchev–Trinajstić information content (AvgIpc) is 3.11. The Kier molecular flexibility index (Phi) is 5.19. The number of nitrogens with zero attached hydrogens (tertiary/aromatic N) is 4. The number of nitrogens with one attached hydrogen (secondary N) is 1. The fraction of sp³-hybridized carbons (Fsp3) is 0.250. The maximum absolute atomic E-state index is 13.0. The summed E-state index contributed by atoms with van der Waals surface area (Å²) in [7, 11) is 0. The van der Waals surface area contributed by atoms with Gasteiger partial charge in [0.1, 0.15) is 18.3 Å². The van der Waals surface area contributed by atoms with Crippen LogP contribution in [-0.2, 0) is 11.3 Å². The molecule has 0 aliphatic rings. The van der Waals surface area contributed by atoms with Crippen LogP contribution in [0.1, 0.15) is 27.8 Å². The summed E-state index contributed by atoms with van der Waals surface area (Å²) in [5.74, 6) is -0.278. The fourth-order valence-electron chi connectivity index (χ4n) is 4.03. The number of amides is 1. The number of carbonyl (C=O) groups excluding carboxylic acids is 1. The van der Waals surface area contributed by atoms with Crippen LogP contribution in [0.5, 0.6) is 0 Å². The molecule has 1 N–H and O–H groups in total. The van der Waals surface area contributed by atoms with Gasteiger partial charge in [0.25, 0.3) is 5.56 Å². The zero-order valence-electron chi connectivity index (χ0n) is 18.4. The van der Waals surface area contributed by atoms with Gasteiger partial charge >= 0.3 is 0 Å². The zero-order chi connectivity index (χ0) is 22.3. The van der Waals surface area contributed by atoms with Gasteiger partial charge in [0.2, 0.25) is 5.91 Å². The monoisotopic (exact) mass is 415 g/mol. The topological polar surface area (TPSA) is 81.8 Å². The molecule has 0 bridgehead atoms. The molecule has 0 spiro atoms. The van der Waals surface area contributed by atoms with Crippen LogP contribution >= 0.6 is 0 Å². The Morgan fingerprint density at radius 2 is 1.55 bits per heavy atom. The smallest absolute Gasteiger partial charge is 0.264 e. The van der Waals surface area contributed by atoms with Crippen LogP contribution in [0.25, 0.3) is 16.7 Å². The van der Waals surface area contributed by atoms with Crippen LogP contribution in [0.2, 0.25) is 0 Å². The van der Waals surface area contributed by atoms with Crippen molar-refractivity contribution in [2.75, 3.05) is 5.32 Å². The van der Waals surface area contributed by atoms with Gasteiger partial charge in [0, 0.05) is 5.69 Å². The first-order valence-electron chi connectivity index (χ1n) is 10.1. The number of fused-ring (bicyclic) bond motifs is 1. The summed E-state index contributed by atoms with van der Waals surface area (Å²) in [6.45, 7) is 9.83. The normalized spacial score (nSPS) is 11.1. The number of carbonyl (C=O) groups is 1. The van der Waals surface area contributed by atoms with Crippen LogP contribution in [0.15, 0.2) is 47.7 Å². The van der Waals surface area contributed by atoms with Crippen molar-refractivity contribution in [3.8, 4) is 5.69 Å². The molecule has 2 aromatic carbocycles. The van der Waals surface area contributed by atoms with Gasteiger partial charge in [-0.2, -0.15) is 5.10 Å². The predicted molar refractivity (Wildman–Crippen MR) is 122 cm³/mol. The van der Waals surface area contributed by atoms with E-state index >= 15 is 0 Å². The summed E-state index contributed by atoms with van der Waals surface area (Å²) in [6, 6.07) is 10.1. The van der Waals surface area contributed by atoms with E-state index in [1.54, 1.807) is 4.68 Å². The number of benzene rings is 2. The third kappa shape index (κ3) is 3.99. The average molecular weight is 415 g/mol. The van der Waals surface area contributed by atoms with Crippen LogP contribution in [-0.4, -0.2) is 25.2 Å². The molecule has 4 aromatic rings. The first-order valence-corrected chi connectivity index (χ1v) is 10.1. The Hall–Kier alpha value is -3.74. The molecule has 31 heavy (non-hydrogen) atoms. The molecule has 0 aliphatic carbocycles. The molecule has 158 valence electrons. The Morgan fingerprint density at radius 3 is 2.19 bits per heavy atom. The number of rotatable bonds is 4. The molecule has 7 heteroatoms. The first kappa shape index (κ1) is 20.5. The van der Waals surface area contributed by atoms with Crippen molar-refractivity contribution in [2.45, 2.75) is 41.2 Å². The Bertz CT molecular complexity index is 1340. The molecule has 0 atom stereocenters. The van der Waals surface area contributed by atoms with Gasteiger partial charge in [-0.1, -0.05) is 23.8 Å². The third-order valence-corrected chi connectivity index (χ3v) is 5.26. The van der Waals surface area contributed by atoms with E-state index in [0.717, 1.165) is 39.2 Å². The van der Waals surface area contributed by atoms with Gasteiger partial charge in [-0.05, 0) is 69.0 Å². The van der Waals surface area contributed by atoms with Crippen molar-refractivity contribution >= 4 is 22.6 Å². The lowest BCUT2D eigenvalue weighted by atomic mass is 10.1. The standard InChI is InChI=1S/C24H25N5O2/c1-14-6-15(2)10-19(9-14)29-23-20(11-26-29)24(31)28(13-25-23)12-21(30)27-22-17(4)7-16(3)8-18(22)5/h6-11,13H,12H2,1-5H3,(H,27,30). The Balaban J connectivity index is 1.63. The Morgan fingerprint density at radius 1 is 0.935 bits per heavy atom. The molecule has 0 saturated heterocycles. The zero-order valence-corrected chi connectivity index (χ0v) is 18.4. The van der Waals surface area contributed by atoms with E-state index < -0.39 is 0 Å². The molecule has 2 aromatic heterocycles. The lowest BCUT2D eigenvalue weighted by Gasteiger charge is -2.13. The highest BCUT2D eigenvalue weighted by molar-refractivity contribution is 5.92. The molecule has 4 rings (SSSR count). The molecule has 1 amide bonds. The lowest BCUT2D eigenvalue weighted by molar-refractivity contribution is -0.116. The fourth-order valence-corrected chi connectivity index (χ4v) is 4.03. The SMILES string of the molecule is Cc1cc(C)cc(-n2ncc3c(=O)n(CC(=O)Nc4c(C)cc(C)cc4C)cnc32)c1. The highest BCUT2D eigenvalue weighted by Gasteiger charge is 2.15. The highest BCUT2D eigenvalue weighted by Crippen LogP contribution is 2.22. The minimum Gasteiger partial charge on any atom is -0.324 e. The van der Waals surface area contributed by atoms with E-state index in [4.69, 9.17) is 0 Å². The van der Waals surface area contributed by atoms with E-state index in [1.165, 1.54) is 17.1 Å². The van der Waals surface area contributed by atoms with Crippen LogP contribution in [0.3, 0.4) is 0 Å². The molecule has 0 radical (unpaired) electrons. The summed E-state index contributed by atoms with van der Waals surface area (Å²) in [5, 5.41) is 7.67. The molecule has 0 unspecified atom stereocenters. The summed E-state index contributed by atoms with van der Waals surface area (Å²) < 4.78 is 2.96. The van der Waals surface area contributed by atoms with E-state index in [-0.39, 0.29) is 18.0 Å². The first-order chi connectivity index (χ1) is 14.7. The minimum atomic E-state index is -0.298. The van der Waals surface area contributed by atoms with Gasteiger partial charge in [-0.3, -0.25) is 14.2 Å². The van der Waals surface area contributed by atoms with E-state index in [2.05, 4.69) is 21.5 Å². The third-order valence-electron chi connectivity index (χ3n) is 5.26. The van der Waals surface area contributed by atoms with E-state index in [1.807, 2.05) is 58.9 Å².